The van der Waals surface area contributed by atoms with Crippen molar-refractivity contribution < 1.29 is 4.79 Å². The summed E-state index contributed by atoms with van der Waals surface area (Å²) >= 11 is 15.3. The summed E-state index contributed by atoms with van der Waals surface area (Å²) in [6.45, 7) is 1.75. The quantitative estimate of drug-likeness (QED) is 0.724. The van der Waals surface area contributed by atoms with E-state index in [9.17, 15) is 4.79 Å². The minimum Gasteiger partial charge on any atom is -0.271 e. The maximum atomic E-state index is 11.9. The first-order valence-electron chi connectivity index (χ1n) is 4.85. The minimum absolute atomic E-state index is 0.126. The fraction of sp³-hybridized carbons (Fsp3) is 0.273. The summed E-state index contributed by atoms with van der Waals surface area (Å²) in [5, 5.41) is 6.54. The number of hydrazone groups is 1. The van der Waals surface area contributed by atoms with Crippen LogP contribution in [-0.2, 0) is 4.79 Å². The van der Waals surface area contributed by atoms with E-state index in [0.717, 1.165) is 0 Å². The Labute approximate surface area is 118 Å². The fourth-order valence-electron chi connectivity index (χ4n) is 1.68. The fourth-order valence-corrected chi connectivity index (χ4v) is 2.73. The van der Waals surface area contributed by atoms with Crippen LogP contribution >= 0.6 is 39.1 Å². The van der Waals surface area contributed by atoms with Crippen LogP contribution in [0.15, 0.2) is 23.3 Å². The Bertz CT molecular complexity index is 528. The van der Waals surface area contributed by atoms with Gasteiger partial charge >= 0.3 is 0 Å². The topological polar surface area (TPSA) is 32.7 Å². The molecule has 17 heavy (non-hydrogen) atoms. The molecular formula is C11H9BrCl2N2O. The first-order valence-corrected chi connectivity index (χ1v) is 6.40. The maximum Gasteiger partial charge on any atom is 0.265 e. The number of benzene rings is 1. The Kier molecular flexibility index (Phi) is 3.23. The highest BCUT2D eigenvalue weighted by Gasteiger charge is 2.45. The molecule has 0 aromatic heterocycles. The van der Waals surface area contributed by atoms with Gasteiger partial charge in [0.2, 0.25) is 0 Å². The van der Waals surface area contributed by atoms with Crippen molar-refractivity contribution in [1.82, 2.24) is 5.01 Å². The van der Waals surface area contributed by atoms with Crippen molar-refractivity contribution >= 4 is 50.8 Å². The predicted molar refractivity (Wildman–Crippen MR) is 73.1 cm³/mol. The third-order valence-electron chi connectivity index (χ3n) is 2.58. The van der Waals surface area contributed by atoms with Gasteiger partial charge in [0.05, 0.1) is 10.7 Å². The minimum atomic E-state index is -0.848. The van der Waals surface area contributed by atoms with Crippen molar-refractivity contribution in [3.8, 4) is 0 Å². The Morgan fingerprint density at radius 3 is 2.53 bits per heavy atom. The van der Waals surface area contributed by atoms with Gasteiger partial charge in [-0.3, -0.25) is 4.79 Å². The van der Waals surface area contributed by atoms with Crippen LogP contribution in [0.2, 0.25) is 10.0 Å². The van der Waals surface area contributed by atoms with Crippen molar-refractivity contribution in [1.29, 1.82) is 0 Å². The van der Waals surface area contributed by atoms with E-state index in [4.69, 9.17) is 23.2 Å². The molecule has 3 nitrogen and oxygen atoms in total. The van der Waals surface area contributed by atoms with Crippen molar-refractivity contribution in [3.63, 3.8) is 0 Å². The molecule has 90 valence electrons. The zero-order chi connectivity index (χ0) is 12.8. The Morgan fingerprint density at radius 1 is 1.41 bits per heavy atom. The molecule has 1 heterocycles. The molecule has 1 aromatic carbocycles. The molecule has 0 saturated heterocycles. The lowest BCUT2D eigenvalue weighted by Crippen LogP contribution is -2.37. The largest absolute Gasteiger partial charge is 0.271 e. The Balaban J connectivity index is 2.55. The first kappa shape index (κ1) is 12.9. The van der Waals surface area contributed by atoms with E-state index in [0.29, 0.717) is 21.3 Å². The number of carbonyl (C=O) groups excluding carboxylic acids is 1. The molecule has 2 rings (SSSR count). The highest BCUT2D eigenvalue weighted by molar-refractivity contribution is 9.10. The average molecular weight is 336 g/mol. The monoisotopic (exact) mass is 334 g/mol. The van der Waals surface area contributed by atoms with E-state index < -0.39 is 4.32 Å². The van der Waals surface area contributed by atoms with Gasteiger partial charge in [0.1, 0.15) is 4.32 Å². The number of nitrogens with zero attached hydrogens (tertiary/aromatic N) is 2. The van der Waals surface area contributed by atoms with Crippen molar-refractivity contribution in [2.75, 3.05) is 7.05 Å². The van der Waals surface area contributed by atoms with Gasteiger partial charge in [0.15, 0.2) is 0 Å². The van der Waals surface area contributed by atoms with Gasteiger partial charge in [0, 0.05) is 17.6 Å². The van der Waals surface area contributed by atoms with E-state index in [1.807, 2.05) is 0 Å². The molecular weight excluding hydrogens is 327 g/mol. The Morgan fingerprint density at radius 2 is 2.06 bits per heavy atom. The van der Waals surface area contributed by atoms with Crippen LogP contribution in [-0.4, -0.2) is 28.0 Å². The summed E-state index contributed by atoms with van der Waals surface area (Å²) in [5.41, 5.74) is 1.29. The van der Waals surface area contributed by atoms with Crippen LogP contribution in [0.25, 0.3) is 0 Å². The van der Waals surface area contributed by atoms with Gasteiger partial charge in [-0.15, -0.1) is 0 Å². The molecule has 1 atom stereocenters. The van der Waals surface area contributed by atoms with Gasteiger partial charge < -0.3 is 0 Å². The lowest BCUT2D eigenvalue weighted by atomic mass is 9.98. The second kappa shape index (κ2) is 4.26. The average Bonchev–Trinajstić information content (AvgIpc) is 2.43. The van der Waals surface area contributed by atoms with E-state index in [2.05, 4.69) is 21.0 Å². The highest BCUT2D eigenvalue weighted by Crippen LogP contribution is 2.34. The number of rotatable bonds is 1. The Hall–Kier alpha value is -0.580. The molecule has 0 bridgehead atoms. The van der Waals surface area contributed by atoms with Crippen LogP contribution in [0.3, 0.4) is 0 Å². The van der Waals surface area contributed by atoms with Gasteiger partial charge in [-0.2, -0.15) is 5.10 Å². The smallest absolute Gasteiger partial charge is 0.265 e. The second-order valence-electron chi connectivity index (χ2n) is 3.90. The second-order valence-corrected chi connectivity index (χ2v) is 6.33. The van der Waals surface area contributed by atoms with E-state index in [1.165, 1.54) is 5.01 Å². The molecule has 0 radical (unpaired) electrons. The van der Waals surface area contributed by atoms with E-state index >= 15 is 0 Å². The molecule has 0 aliphatic carbocycles. The number of halogens is 3. The van der Waals surface area contributed by atoms with E-state index in [-0.39, 0.29) is 5.91 Å². The number of amides is 1. The normalized spacial score (nSPS) is 24.2. The number of hydrogen-bond donors (Lipinski definition) is 0. The van der Waals surface area contributed by atoms with Crippen molar-refractivity contribution in [2.45, 2.75) is 11.2 Å². The lowest BCUT2D eigenvalue weighted by molar-refractivity contribution is -0.128. The molecule has 1 aromatic rings. The first-order chi connectivity index (χ1) is 7.84. The van der Waals surface area contributed by atoms with Gasteiger partial charge in [-0.1, -0.05) is 45.2 Å². The molecule has 1 aliphatic rings. The molecule has 1 aliphatic heterocycles. The summed E-state index contributed by atoms with van der Waals surface area (Å²) in [5.74, 6) is -0.126. The van der Waals surface area contributed by atoms with Gasteiger partial charge in [-0.05, 0) is 19.1 Å². The molecule has 1 amide bonds. The van der Waals surface area contributed by atoms with Crippen molar-refractivity contribution in [2.24, 2.45) is 5.10 Å². The maximum absolute atomic E-state index is 11.9. The van der Waals surface area contributed by atoms with Crippen LogP contribution in [0, 0.1) is 0 Å². The zero-order valence-electron chi connectivity index (χ0n) is 9.17. The molecule has 1 unspecified atom stereocenters. The summed E-state index contributed by atoms with van der Waals surface area (Å²) in [4.78, 5) is 11.9. The summed E-state index contributed by atoms with van der Waals surface area (Å²) in [7, 11) is 1.61. The van der Waals surface area contributed by atoms with Crippen molar-refractivity contribution in [3.05, 3.63) is 33.8 Å². The predicted octanol–water partition coefficient (Wildman–Crippen LogP) is 3.32. The third kappa shape index (κ3) is 2.09. The third-order valence-corrected chi connectivity index (χ3v) is 3.84. The summed E-state index contributed by atoms with van der Waals surface area (Å²) < 4.78 is -0.848. The number of alkyl halides is 1. The van der Waals surface area contributed by atoms with Crippen LogP contribution in [0.5, 0.6) is 0 Å². The molecule has 6 heteroatoms. The molecule has 0 spiro atoms. The zero-order valence-corrected chi connectivity index (χ0v) is 12.3. The standard InChI is InChI=1S/C11H9BrCl2N2O/c1-11(12)9(15-16(2)10(11)17)7-4-3-6(13)5-8(7)14/h3-5H,1-2H3. The summed E-state index contributed by atoms with van der Waals surface area (Å²) in [6.07, 6.45) is 0. The van der Waals surface area contributed by atoms with Gasteiger partial charge in [0.25, 0.3) is 5.91 Å². The van der Waals surface area contributed by atoms with Crippen LogP contribution in [0.4, 0.5) is 0 Å². The molecule has 0 N–H and O–H groups in total. The number of hydrogen-bond acceptors (Lipinski definition) is 2. The molecule has 0 fully saturated rings. The SMILES string of the molecule is CN1N=C(c2ccc(Cl)cc2Cl)C(C)(Br)C1=O. The van der Waals surface area contributed by atoms with Crippen LogP contribution in [0.1, 0.15) is 12.5 Å². The van der Waals surface area contributed by atoms with E-state index in [1.54, 1.807) is 32.2 Å². The molecule has 0 saturated carbocycles. The van der Waals surface area contributed by atoms with Gasteiger partial charge in [-0.25, -0.2) is 5.01 Å². The summed E-state index contributed by atoms with van der Waals surface area (Å²) in [6, 6.07) is 5.11. The highest BCUT2D eigenvalue weighted by atomic mass is 79.9. The van der Waals surface area contributed by atoms with Crippen LogP contribution < -0.4 is 0 Å². The lowest BCUT2D eigenvalue weighted by Gasteiger charge is -2.16. The number of carbonyl (C=O) groups is 1.